The first-order valence-electron chi connectivity index (χ1n) is 9.32. The van der Waals surface area contributed by atoms with E-state index in [2.05, 4.69) is 0 Å². The third kappa shape index (κ3) is 6.50. The second-order valence-corrected chi connectivity index (χ2v) is 7.80. The number of esters is 1. The van der Waals surface area contributed by atoms with Crippen molar-refractivity contribution in [2.45, 2.75) is 45.3 Å². The third-order valence-electron chi connectivity index (χ3n) is 4.35. The SMILES string of the molecule is CO[C@H](C[C@@H](Cc1ccc(-c2ccccc2)cc1)C(=O)O)C(=O)OC(C)(C)C. The molecule has 2 rings (SSSR count). The van der Waals surface area contributed by atoms with Crippen LogP contribution >= 0.6 is 0 Å². The summed E-state index contributed by atoms with van der Waals surface area (Å²) in [6, 6.07) is 17.8. The molecule has 0 heterocycles. The van der Waals surface area contributed by atoms with E-state index in [0.717, 1.165) is 16.7 Å². The highest BCUT2D eigenvalue weighted by atomic mass is 16.6. The lowest BCUT2D eigenvalue weighted by Gasteiger charge is -2.24. The van der Waals surface area contributed by atoms with Gasteiger partial charge in [-0.25, -0.2) is 4.79 Å². The summed E-state index contributed by atoms with van der Waals surface area (Å²) in [5.74, 6) is -2.25. The molecule has 0 fully saturated rings. The van der Waals surface area contributed by atoms with Crippen molar-refractivity contribution in [2.75, 3.05) is 7.11 Å². The van der Waals surface area contributed by atoms with Crippen LogP contribution in [0, 0.1) is 5.92 Å². The van der Waals surface area contributed by atoms with E-state index < -0.39 is 29.6 Å². The highest BCUT2D eigenvalue weighted by Crippen LogP contribution is 2.23. The molecular weight excluding hydrogens is 356 g/mol. The van der Waals surface area contributed by atoms with Crippen molar-refractivity contribution in [1.82, 2.24) is 0 Å². The average Bonchev–Trinajstić information content (AvgIpc) is 2.64. The monoisotopic (exact) mass is 384 g/mol. The number of carboxylic acids is 1. The van der Waals surface area contributed by atoms with Crippen molar-refractivity contribution >= 4 is 11.9 Å². The molecule has 0 aliphatic heterocycles. The summed E-state index contributed by atoms with van der Waals surface area (Å²) >= 11 is 0. The van der Waals surface area contributed by atoms with Gasteiger partial charge in [0.25, 0.3) is 0 Å². The van der Waals surface area contributed by atoms with Crippen molar-refractivity contribution in [3.8, 4) is 11.1 Å². The van der Waals surface area contributed by atoms with Crippen molar-refractivity contribution in [1.29, 1.82) is 0 Å². The minimum absolute atomic E-state index is 0.0567. The number of carbonyl (C=O) groups is 2. The van der Waals surface area contributed by atoms with Gasteiger partial charge in [-0.05, 0) is 50.3 Å². The second kappa shape index (κ2) is 9.51. The minimum Gasteiger partial charge on any atom is -0.481 e. The van der Waals surface area contributed by atoms with Gasteiger partial charge in [-0.15, -0.1) is 0 Å². The summed E-state index contributed by atoms with van der Waals surface area (Å²) in [5.41, 5.74) is 2.42. The Kier molecular flexibility index (Phi) is 7.35. The summed E-state index contributed by atoms with van der Waals surface area (Å²) < 4.78 is 10.5. The lowest BCUT2D eigenvalue weighted by Crippen LogP contribution is -2.35. The van der Waals surface area contributed by atoms with Crippen LogP contribution in [0.2, 0.25) is 0 Å². The van der Waals surface area contributed by atoms with Crippen LogP contribution in [0.3, 0.4) is 0 Å². The van der Waals surface area contributed by atoms with E-state index in [1.54, 1.807) is 20.8 Å². The molecule has 28 heavy (non-hydrogen) atoms. The Labute approximate surface area is 166 Å². The molecule has 0 amide bonds. The number of hydrogen-bond donors (Lipinski definition) is 1. The number of hydrogen-bond acceptors (Lipinski definition) is 4. The molecule has 0 unspecified atom stereocenters. The van der Waals surface area contributed by atoms with Gasteiger partial charge in [-0.1, -0.05) is 54.6 Å². The van der Waals surface area contributed by atoms with Crippen molar-refractivity contribution in [2.24, 2.45) is 5.92 Å². The summed E-state index contributed by atoms with van der Waals surface area (Å²) in [4.78, 5) is 24.0. The normalized spacial score (nSPS) is 13.6. The first kappa shape index (κ1) is 21.6. The van der Waals surface area contributed by atoms with Crippen molar-refractivity contribution in [3.05, 3.63) is 60.2 Å². The van der Waals surface area contributed by atoms with E-state index in [1.807, 2.05) is 54.6 Å². The Balaban J connectivity index is 2.07. The van der Waals surface area contributed by atoms with Gasteiger partial charge in [0, 0.05) is 7.11 Å². The molecule has 0 spiro atoms. The van der Waals surface area contributed by atoms with E-state index in [4.69, 9.17) is 9.47 Å². The number of benzene rings is 2. The number of carbonyl (C=O) groups excluding carboxylic acids is 1. The zero-order valence-electron chi connectivity index (χ0n) is 16.8. The zero-order chi connectivity index (χ0) is 20.7. The van der Waals surface area contributed by atoms with E-state index in [1.165, 1.54) is 7.11 Å². The van der Waals surface area contributed by atoms with E-state index in [0.29, 0.717) is 6.42 Å². The Morgan fingerprint density at radius 3 is 2.04 bits per heavy atom. The van der Waals surface area contributed by atoms with E-state index in [-0.39, 0.29) is 6.42 Å². The fraction of sp³-hybridized carbons (Fsp3) is 0.391. The molecule has 150 valence electrons. The predicted molar refractivity (Wildman–Crippen MR) is 108 cm³/mol. The Morgan fingerprint density at radius 2 is 1.54 bits per heavy atom. The van der Waals surface area contributed by atoms with Gasteiger partial charge in [0.05, 0.1) is 5.92 Å². The minimum atomic E-state index is -0.960. The molecule has 0 aliphatic carbocycles. The predicted octanol–water partition coefficient (Wildman–Crippen LogP) is 4.34. The van der Waals surface area contributed by atoms with E-state index >= 15 is 0 Å². The Morgan fingerprint density at radius 1 is 0.964 bits per heavy atom. The highest BCUT2D eigenvalue weighted by Gasteiger charge is 2.30. The molecule has 0 aromatic heterocycles. The Hall–Kier alpha value is -2.66. The third-order valence-corrected chi connectivity index (χ3v) is 4.35. The quantitative estimate of drug-likeness (QED) is 0.685. The maximum absolute atomic E-state index is 12.3. The number of rotatable bonds is 8. The summed E-state index contributed by atoms with van der Waals surface area (Å²) in [6.45, 7) is 5.29. The molecule has 2 aromatic carbocycles. The molecule has 1 N–H and O–H groups in total. The molecule has 0 radical (unpaired) electrons. The summed E-state index contributed by atoms with van der Waals surface area (Å²) in [5, 5.41) is 9.62. The van der Waals surface area contributed by atoms with Crippen LogP contribution in [-0.4, -0.2) is 35.9 Å². The summed E-state index contributed by atoms with van der Waals surface area (Å²) in [7, 11) is 1.39. The zero-order valence-corrected chi connectivity index (χ0v) is 16.8. The van der Waals surface area contributed by atoms with Crippen LogP contribution in [0.15, 0.2) is 54.6 Å². The van der Waals surface area contributed by atoms with Crippen molar-refractivity contribution < 1.29 is 24.2 Å². The molecule has 5 heteroatoms. The highest BCUT2D eigenvalue weighted by molar-refractivity contribution is 5.77. The Bertz CT molecular complexity index is 775. The second-order valence-electron chi connectivity index (χ2n) is 7.80. The molecule has 0 saturated heterocycles. The van der Waals surface area contributed by atoms with Crippen LogP contribution in [0.4, 0.5) is 0 Å². The lowest BCUT2D eigenvalue weighted by molar-refractivity contribution is -0.168. The standard InChI is InChI=1S/C23H28O5/c1-23(2,3)28-22(26)20(27-4)15-19(21(24)25)14-16-10-12-18(13-11-16)17-8-6-5-7-9-17/h5-13,19-20H,14-15H2,1-4H3,(H,24,25)/t19-,20-/m1/s1. The molecule has 2 aromatic rings. The number of carboxylic acid groups (broad SMARTS) is 1. The van der Waals surface area contributed by atoms with Crippen LogP contribution in [-0.2, 0) is 25.5 Å². The topological polar surface area (TPSA) is 72.8 Å². The van der Waals surface area contributed by atoms with Gasteiger partial charge in [-0.2, -0.15) is 0 Å². The van der Waals surface area contributed by atoms with Crippen molar-refractivity contribution in [3.63, 3.8) is 0 Å². The fourth-order valence-electron chi connectivity index (χ4n) is 2.93. The largest absolute Gasteiger partial charge is 0.481 e. The molecule has 5 nitrogen and oxygen atoms in total. The maximum atomic E-state index is 12.3. The van der Waals surface area contributed by atoms with E-state index in [9.17, 15) is 14.7 Å². The lowest BCUT2D eigenvalue weighted by atomic mass is 9.92. The van der Waals surface area contributed by atoms with Gasteiger partial charge in [0.15, 0.2) is 6.10 Å². The van der Waals surface area contributed by atoms with Crippen LogP contribution in [0.1, 0.15) is 32.8 Å². The van der Waals surface area contributed by atoms with Gasteiger partial charge in [0.1, 0.15) is 5.60 Å². The molecule has 2 atom stereocenters. The maximum Gasteiger partial charge on any atom is 0.335 e. The average molecular weight is 384 g/mol. The summed E-state index contributed by atoms with van der Waals surface area (Å²) in [6.07, 6.45) is -0.544. The van der Waals surface area contributed by atoms with Crippen LogP contribution in [0.25, 0.3) is 11.1 Å². The van der Waals surface area contributed by atoms with Gasteiger partial charge in [-0.3, -0.25) is 4.79 Å². The first-order valence-corrected chi connectivity index (χ1v) is 9.32. The molecular formula is C23H28O5. The van der Waals surface area contributed by atoms with Gasteiger partial charge in [0.2, 0.25) is 0 Å². The number of aliphatic carboxylic acids is 1. The van der Waals surface area contributed by atoms with Gasteiger partial charge < -0.3 is 14.6 Å². The fourth-order valence-corrected chi connectivity index (χ4v) is 2.93. The molecule has 0 saturated carbocycles. The van der Waals surface area contributed by atoms with Crippen LogP contribution in [0.5, 0.6) is 0 Å². The molecule has 0 aliphatic rings. The molecule has 0 bridgehead atoms. The van der Waals surface area contributed by atoms with Gasteiger partial charge >= 0.3 is 11.9 Å². The van der Waals surface area contributed by atoms with Crippen LogP contribution < -0.4 is 0 Å². The number of methoxy groups -OCH3 is 1. The first-order chi connectivity index (χ1) is 13.2. The smallest absolute Gasteiger partial charge is 0.335 e. The number of ether oxygens (including phenoxy) is 2.